The summed E-state index contributed by atoms with van der Waals surface area (Å²) in [7, 11) is 1.83. The van der Waals surface area contributed by atoms with Gasteiger partial charge in [0.15, 0.2) is 11.0 Å². The van der Waals surface area contributed by atoms with Crippen molar-refractivity contribution in [3.8, 4) is 5.75 Å². The van der Waals surface area contributed by atoms with Gasteiger partial charge in [-0.25, -0.2) is 0 Å². The number of benzene rings is 2. The highest BCUT2D eigenvalue weighted by molar-refractivity contribution is 7.99. The van der Waals surface area contributed by atoms with Crippen molar-refractivity contribution in [3.63, 3.8) is 0 Å². The molecule has 1 N–H and O–H groups in total. The number of nitrogens with one attached hydrogen (secondary N) is 1. The fraction of sp³-hybridized carbons (Fsp3) is 0.250. The molecule has 0 spiro atoms. The number of nitrogens with zero attached hydrogens (tertiary/aromatic N) is 3. The zero-order valence-corrected chi connectivity index (χ0v) is 19.6. The van der Waals surface area contributed by atoms with Crippen LogP contribution in [0.15, 0.2) is 35.5 Å². The summed E-state index contributed by atoms with van der Waals surface area (Å²) in [6.45, 7) is 4.12. The highest BCUT2D eigenvalue weighted by Crippen LogP contribution is 2.27. The number of ether oxygens (including phenoxy) is 1. The van der Waals surface area contributed by atoms with Gasteiger partial charge in [0.2, 0.25) is 5.91 Å². The molecule has 0 aliphatic heterocycles. The number of amides is 1. The van der Waals surface area contributed by atoms with Crippen molar-refractivity contribution in [2.24, 2.45) is 7.05 Å². The number of carbonyl (C=O) groups is 1. The first kappa shape index (κ1) is 22.7. The fourth-order valence-corrected chi connectivity index (χ4v) is 3.77. The van der Waals surface area contributed by atoms with Crippen LogP contribution >= 0.6 is 46.6 Å². The van der Waals surface area contributed by atoms with E-state index in [0.29, 0.717) is 32.5 Å². The maximum atomic E-state index is 12.2. The molecule has 0 fully saturated rings. The molecule has 3 rings (SSSR count). The lowest BCUT2D eigenvalue weighted by atomic mass is 10.1. The van der Waals surface area contributed by atoms with Gasteiger partial charge in [0, 0.05) is 17.8 Å². The molecule has 1 aromatic heterocycles. The zero-order chi connectivity index (χ0) is 21.8. The second-order valence-electron chi connectivity index (χ2n) is 6.58. The number of anilines is 1. The molecule has 10 heteroatoms. The molecule has 0 aliphatic rings. The smallest absolute Gasteiger partial charge is 0.234 e. The highest BCUT2D eigenvalue weighted by Gasteiger charge is 2.13. The molecule has 2 aromatic carbocycles. The minimum atomic E-state index is -0.189. The van der Waals surface area contributed by atoms with Gasteiger partial charge < -0.3 is 14.6 Å². The van der Waals surface area contributed by atoms with Gasteiger partial charge in [-0.1, -0.05) is 46.6 Å². The van der Waals surface area contributed by atoms with Crippen molar-refractivity contribution in [1.82, 2.24) is 14.8 Å². The summed E-state index contributed by atoms with van der Waals surface area (Å²) in [5, 5.41) is 13.2. The lowest BCUT2D eigenvalue weighted by Crippen LogP contribution is -2.14. The van der Waals surface area contributed by atoms with Crippen LogP contribution in [0.25, 0.3) is 0 Å². The van der Waals surface area contributed by atoms with Gasteiger partial charge in [-0.05, 0) is 55.3 Å². The number of aryl methyl sites for hydroxylation is 2. The van der Waals surface area contributed by atoms with Crippen LogP contribution in [0.5, 0.6) is 5.75 Å². The highest BCUT2D eigenvalue weighted by atomic mass is 35.5. The van der Waals surface area contributed by atoms with Crippen molar-refractivity contribution < 1.29 is 9.53 Å². The monoisotopic (exact) mass is 484 g/mol. The lowest BCUT2D eigenvalue weighted by Gasteiger charge is -2.10. The van der Waals surface area contributed by atoms with Crippen molar-refractivity contribution >= 4 is 58.2 Å². The van der Waals surface area contributed by atoms with Crippen LogP contribution in [-0.4, -0.2) is 26.4 Å². The molecule has 0 bridgehead atoms. The molecule has 0 radical (unpaired) electrons. The zero-order valence-electron chi connectivity index (χ0n) is 16.5. The van der Waals surface area contributed by atoms with Gasteiger partial charge in [0.1, 0.15) is 12.4 Å². The summed E-state index contributed by atoms with van der Waals surface area (Å²) in [6.07, 6.45) is 0. The third-order valence-electron chi connectivity index (χ3n) is 4.24. The van der Waals surface area contributed by atoms with Gasteiger partial charge in [0.25, 0.3) is 0 Å². The van der Waals surface area contributed by atoms with E-state index in [4.69, 9.17) is 39.5 Å². The Morgan fingerprint density at radius 2 is 1.80 bits per heavy atom. The van der Waals surface area contributed by atoms with Crippen molar-refractivity contribution in [1.29, 1.82) is 0 Å². The molecule has 0 saturated heterocycles. The number of aromatic nitrogens is 3. The quantitative estimate of drug-likeness (QED) is 0.435. The van der Waals surface area contributed by atoms with E-state index in [9.17, 15) is 4.79 Å². The van der Waals surface area contributed by atoms with Crippen LogP contribution in [0.3, 0.4) is 0 Å². The Morgan fingerprint density at radius 3 is 2.47 bits per heavy atom. The number of hydrogen-bond acceptors (Lipinski definition) is 5. The molecule has 30 heavy (non-hydrogen) atoms. The molecule has 0 saturated carbocycles. The van der Waals surface area contributed by atoms with Crippen LogP contribution in [0.2, 0.25) is 15.1 Å². The van der Waals surface area contributed by atoms with Gasteiger partial charge in [0.05, 0.1) is 15.8 Å². The molecule has 0 unspecified atom stereocenters. The topological polar surface area (TPSA) is 69.0 Å². The summed E-state index contributed by atoms with van der Waals surface area (Å²) in [4.78, 5) is 12.2. The van der Waals surface area contributed by atoms with E-state index >= 15 is 0 Å². The van der Waals surface area contributed by atoms with E-state index in [2.05, 4.69) is 15.5 Å². The van der Waals surface area contributed by atoms with Crippen molar-refractivity contribution in [2.45, 2.75) is 25.6 Å². The Morgan fingerprint density at radius 1 is 1.10 bits per heavy atom. The average molecular weight is 486 g/mol. The number of hydrogen-bond donors (Lipinski definition) is 1. The summed E-state index contributed by atoms with van der Waals surface area (Å²) < 4.78 is 7.63. The van der Waals surface area contributed by atoms with Crippen LogP contribution in [0, 0.1) is 13.8 Å². The van der Waals surface area contributed by atoms with Gasteiger partial charge >= 0.3 is 0 Å². The van der Waals surface area contributed by atoms with E-state index in [1.54, 1.807) is 22.8 Å². The number of rotatable bonds is 7. The van der Waals surface area contributed by atoms with E-state index in [1.165, 1.54) is 11.8 Å². The molecule has 1 amide bonds. The largest absolute Gasteiger partial charge is 0.486 e. The van der Waals surface area contributed by atoms with Crippen molar-refractivity contribution in [2.75, 3.05) is 11.1 Å². The second-order valence-corrected chi connectivity index (χ2v) is 8.72. The minimum Gasteiger partial charge on any atom is -0.486 e. The third-order valence-corrected chi connectivity index (χ3v) is 6.59. The van der Waals surface area contributed by atoms with Crippen LogP contribution in [0.1, 0.15) is 17.0 Å². The molecular formula is C20H19Cl3N4O2S. The Kier molecular flexibility index (Phi) is 7.52. The first-order valence-electron chi connectivity index (χ1n) is 8.90. The predicted octanol–water partition coefficient (Wildman–Crippen LogP) is 5.70. The molecule has 1 heterocycles. The Labute approximate surface area is 193 Å². The van der Waals surface area contributed by atoms with Gasteiger partial charge in [-0.3, -0.25) is 4.79 Å². The SMILES string of the molecule is Cc1cc(OCc2nnc(SCC(=O)Nc3ccc(Cl)c(Cl)c3)n2C)cc(C)c1Cl. The molecular weight excluding hydrogens is 467 g/mol. The Bertz CT molecular complexity index is 1060. The third kappa shape index (κ3) is 5.60. The molecule has 6 nitrogen and oxygen atoms in total. The number of thioether (sulfide) groups is 1. The maximum absolute atomic E-state index is 12.2. The fourth-order valence-electron chi connectivity index (χ4n) is 2.63. The van der Waals surface area contributed by atoms with Gasteiger partial charge in [-0.2, -0.15) is 0 Å². The average Bonchev–Trinajstić information content (AvgIpc) is 3.05. The first-order valence-corrected chi connectivity index (χ1v) is 11.0. The maximum Gasteiger partial charge on any atom is 0.234 e. The summed E-state index contributed by atoms with van der Waals surface area (Å²) in [6, 6.07) is 8.69. The molecule has 0 aliphatic carbocycles. The summed E-state index contributed by atoms with van der Waals surface area (Å²) in [5.74, 6) is 1.34. The van der Waals surface area contributed by atoms with E-state index in [-0.39, 0.29) is 18.3 Å². The van der Waals surface area contributed by atoms with Gasteiger partial charge in [-0.15, -0.1) is 10.2 Å². The van der Waals surface area contributed by atoms with E-state index in [1.807, 2.05) is 33.0 Å². The first-order chi connectivity index (χ1) is 14.2. The second kappa shape index (κ2) is 9.92. The minimum absolute atomic E-state index is 0.169. The molecule has 158 valence electrons. The molecule has 3 aromatic rings. The lowest BCUT2D eigenvalue weighted by molar-refractivity contribution is -0.113. The Balaban J connectivity index is 1.56. The van der Waals surface area contributed by atoms with Crippen LogP contribution < -0.4 is 10.1 Å². The predicted molar refractivity (Wildman–Crippen MR) is 122 cm³/mol. The summed E-state index contributed by atoms with van der Waals surface area (Å²) in [5.41, 5.74) is 2.48. The van der Waals surface area contributed by atoms with E-state index in [0.717, 1.165) is 16.1 Å². The number of carbonyl (C=O) groups excluding carboxylic acids is 1. The molecule has 0 atom stereocenters. The standard InChI is InChI=1S/C20H19Cl3N4O2S/c1-11-6-14(7-12(2)19(11)23)29-9-17-25-26-20(27(17)3)30-10-18(28)24-13-4-5-15(21)16(22)8-13/h4-8H,9-10H2,1-3H3,(H,24,28). The Hall–Kier alpha value is -1.93. The number of halogens is 3. The van der Waals surface area contributed by atoms with Crippen LogP contribution in [-0.2, 0) is 18.4 Å². The summed E-state index contributed by atoms with van der Waals surface area (Å²) >= 11 is 19.3. The van der Waals surface area contributed by atoms with Crippen LogP contribution in [0.4, 0.5) is 5.69 Å². The normalized spacial score (nSPS) is 10.9. The van der Waals surface area contributed by atoms with Crippen molar-refractivity contribution in [3.05, 3.63) is 62.4 Å². The van der Waals surface area contributed by atoms with E-state index < -0.39 is 0 Å².